The van der Waals surface area contributed by atoms with Crippen LogP contribution in [0.3, 0.4) is 0 Å². The summed E-state index contributed by atoms with van der Waals surface area (Å²) in [6.07, 6.45) is 5.82. The van der Waals surface area contributed by atoms with Gasteiger partial charge in [0.2, 0.25) is 0 Å². The molecule has 0 bridgehead atoms. The van der Waals surface area contributed by atoms with Gasteiger partial charge in [-0.3, -0.25) is 0 Å². The summed E-state index contributed by atoms with van der Waals surface area (Å²) >= 11 is 0. The van der Waals surface area contributed by atoms with Crippen molar-refractivity contribution < 1.29 is 17.9 Å². The molecule has 0 aliphatic rings. The highest BCUT2D eigenvalue weighted by Gasteiger charge is 2.11. The Morgan fingerprint density at radius 3 is 2.37 bits per heavy atom. The molecule has 0 aliphatic carbocycles. The summed E-state index contributed by atoms with van der Waals surface area (Å²) in [6, 6.07) is 15.5. The zero-order valence-electron chi connectivity index (χ0n) is 15.4. The van der Waals surface area contributed by atoms with E-state index in [4.69, 9.17) is 0 Å². The standard InChI is InChI=1S/C23H23F3O/c1-2-3-4-5-6-16-7-13-21-18(15-16)10-14-20(22(21)24)17-8-11-19(12-9-17)27-23(25)26/h7-15,23H,2-6H2,1H3. The highest BCUT2D eigenvalue weighted by atomic mass is 19.3. The van der Waals surface area contributed by atoms with Crippen LogP contribution in [0.5, 0.6) is 5.75 Å². The fraction of sp³-hybridized carbons (Fsp3) is 0.304. The van der Waals surface area contributed by atoms with E-state index in [0.717, 1.165) is 18.2 Å². The fourth-order valence-electron chi connectivity index (χ4n) is 3.29. The minimum absolute atomic E-state index is 0.0580. The first-order valence-corrected chi connectivity index (χ1v) is 9.35. The van der Waals surface area contributed by atoms with E-state index >= 15 is 0 Å². The lowest BCUT2D eigenvalue weighted by Gasteiger charge is -2.10. The van der Waals surface area contributed by atoms with Crippen LogP contribution in [-0.2, 0) is 6.42 Å². The minimum atomic E-state index is -2.87. The number of fused-ring (bicyclic) bond motifs is 1. The highest BCUT2D eigenvalue weighted by molar-refractivity contribution is 5.88. The Morgan fingerprint density at radius 1 is 0.889 bits per heavy atom. The number of unbranched alkanes of at least 4 members (excludes halogenated alkanes) is 3. The van der Waals surface area contributed by atoms with Gasteiger partial charge in [0, 0.05) is 10.9 Å². The van der Waals surface area contributed by atoms with E-state index in [1.807, 2.05) is 24.3 Å². The largest absolute Gasteiger partial charge is 0.435 e. The van der Waals surface area contributed by atoms with Crippen LogP contribution in [0.1, 0.15) is 38.2 Å². The van der Waals surface area contributed by atoms with E-state index in [9.17, 15) is 13.2 Å². The molecule has 0 unspecified atom stereocenters. The van der Waals surface area contributed by atoms with E-state index in [1.165, 1.54) is 37.0 Å². The number of benzene rings is 3. The second-order valence-corrected chi connectivity index (χ2v) is 6.70. The van der Waals surface area contributed by atoms with Crippen LogP contribution in [0.4, 0.5) is 13.2 Å². The SMILES string of the molecule is CCCCCCc1ccc2c(F)c(-c3ccc(OC(F)F)cc3)ccc2c1. The smallest absolute Gasteiger partial charge is 0.387 e. The summed E-state index contributed by atoms with van der Waals surface area (Å²) in [7, 11) is 0. The Balaban J connectivity index is 1.82. The number of ether oxygens (including phenoxy) is 1. The maximum Gasteiger partial charge on any atom is 0.387 e. The molecule has 0 fully saturated rings. The normalized spacial score (nSPS) is 11.3. The van der Waals surface area contributed by atoms with Crippen molar-refractivity contribution in [1.29, 1.82) is 0 Å². The molecule has 0 spiro atoms. The predicted octanol–water partition coefficient (Wildman–Crippen LogP) is 7.37. The van der Waals surface area contributed by atoms with E-state index in [-0.39, 0.29) is 11.6 Å². The zero-order chi connectivity index (χ0) is 19.2. The lowest BCUT2D eigenvalue weighted by atomic mass is 9.97. The third-order valence-corrected chi connectivity index (χ3v) is 4.73. The van der Waals surface area contributed by atoms with Crippen molar-refractivity contribution in [3.05, 3.63) is 66.0 Å². The van der Waals surface area contributed by atoms with Crippen molar-refractivity contribution in [2.45, 2.75) is 45.6 Å². The summed E-state index contributed by atoms with van der Waals surface area (Å²) in [5.41, 5.74) is 2.29. The quantitative estimate of drug-likeness (QED) is 0.375. The molecule has 0 radical (unpaired) electrons. The van der Waals surface area contributed by atoms with Crippen molar-refractivity contribution >= 4 is 10.8 Å². The molecule has 0 heterocycles. The summed E-state index contributed by atoms with van der Waals surface area (Å²) in [4.78, 5) is 0. The molecule has 3 aromatic carbocycles. The molecule has 3 rings (SSSR count). The van der Waals surface area contributed by atoms with Crippen molar-refractivity contribution in [3.63, 3.8) is 0 Å². The molecule has 0 amide bonds. The van der Waals surface area contributed by atoms with Gasteiger partial charge in [-0.15, -0.1) is 0 Å². The molecule has 0 N–H and O–H groups in total. The van der Waals surface area contributed by atoms with Gasteiger partial charge in [-0.25, -0.2) is 4.39 Å². The second kappa shape index (κ2) is 8.94. The number of hydrogen-bond donors (Lipinski definition) is 0. The van der Waals surface area contributed by atoms with E-state index in [1.54, 1.807) is 18.2 Å². The molecule has 0 aliphatic heterocycles. The van der Waals surface area contributed by atoms with Gasteiger partial charge < -0.3 is 4.74 Å². The molecule has 0 saturated carbocycles. The van der Waals surface area contributed by atoms with Crippen LogP contribution in [0, 0.1) is 5.82 Å². The number of rotatable bonds is 8. The molecule has 0 saturated heterocycles. The van der Waals surface area contributed by atoms with Gasteiger partial charge in [0.05, 0.1) is 0 Å². The number of aryl methyl sites for hydroxylation is 1. The van der Waals surface area contributed by atoms with Gasteiger partial charge in [0.25, 0.3) is 0 Å². The van der Waals surface area contributed by atoms with E-state index in [0.29, 0.717) is 16.5 Å². The van der Waals surface area contributed by atoms with Gasteiger partial charge in [0.1, 0.15) is 11.6 Å². The van der Waals surface area contributed by atoms with Gasteiger partial charge in [0.15, 0.2) is 0 Å². The van der Waals surface area contributed by atoms with Crippen LogP contribution >= 0.6 is 0 Å². The molecule has 4 heteroatoms. The zero-order valence-corrected chi connectivity index (χ0v) is 15.4. The van der Waals surface area contributed by atoms with Gasteiger partial charge in [-0.2, -0.15) is 8.78 Å². The molecule has 1 nitrogen and oxygen atoms in total. The van der Waals surface area contributed by atoms with Crippen molar-refractivity contribution in [2.75, 3.05) is 0 Å². The number of alkyl halides is 2. The first-order valence-electron chi connectivity index (χ1n) is 9.35. The molecular formula is C23H23F3O. The van der Waals surface area contributed by atoms with Gasteiger partial charge in [-0.1, -0.05) is 68.7 Å². The topological polar surface area (TPSA) is 9.23 Å². The Hall–Kier alpha value is -2.49. The van der Waals surface area contributed by atoms with Crippen LogP contribution in [-0.4, -0.2) is 6.61 Å². The Kier molecular flexibility index (Phi) is 6.38. The molecular weight excluding hydrogens is 349 g/mol. The molecule has 142 valence electrons. The highest BCUT2D eigenvalue weighted by Crippen LogP contribution is 2.31. The van der Waals surface area contributed by atoms with Crippen LogP contribution < -0.4 is 4.74 Å². The van der Waals surface area contributed by atoms with E-state index in [2.05, 4.69) is 11.7 Å². The third kappa shape index (κ3) is 4.82. The lowest BCUT2D eigenvalue weighted by molar-refractivity contribution is -0.0498. The van der Waals surface area contributed by atoms with Crippen LogP contribution in [0.15, 0.2) is 54.6 Å². The summed E-state index contributed by atoms with van der Waals surface area (Å²) in [6.45, 7) is -0.681. The van der Waals surface area contributed by atoms with Gasteiger partial charge in [-0.05, 0) is 41.5 Å². The maximum absolute atomic E-state index is 15.0. The Bertz CT molecular complexity index is 888. The van der Waals surface area contributed by atoms with Crippen molar-refractivity contribution in [3.8, 4) is 16.9 Å². The molecule has 0 aromatic heterocycles. The first kappa shape index (κ1) is 19.3. The second-order valence-electron chi connectivity index (χ2n) is 6.70. The van der Waals surface area contributed by atoms with E-state index < -0.39 is 6.61 Å². The molecule has 27 heavy (non-hydrogen) atoms. The number of halogens is 3. The first-order chi connectivity index (χ1) is 13.1. The monoisotopic (exact) mass is 372 g/mol. The van der Waals surface area contributed by atoms with Crippen LogP contribution in [0.25, 0.3) is 21.9 Å². The molecule has 3 aromatic rings. The third-order valence-electron chi connectivity index (χ3n) is 4.73. The predicted molar refractivity (Wildman–Crippen MR) is 104 cm³/mol. The summed E-state index contributed by atoms with van der Waals surface area (Å²) in [5, 5.41) is 1.44. The average molecular weight is 372 g/mol. The summed E-state index contributed by atoms with van der Waals surface area (Å²) < 4.78 is 43.8. The Labute approximate surface area is 157 Å². The minimum Gasteiger partial charge on any atom is -0.435 e. The fourth-order valence-corrected chi connectivity index (χ4v) is 3.29. The number of hydrogen-bond acceptors (Lipinski definition) is 1. The van der Waals surface area contributed by atoms with Crippen molar-refractivity contribution in [1.82, 2.24) is 0 Å². The summed E-state index contributed by atoms with van der Waals surface area (Å²) in [5.74, 6) is -0.241. The van der Waals surface area contributed by atoms with Crippen molar-refractivity contribution in [2.24, 2.45) is 0 Å². The molecule has 0 atom stereocenters. The van der Waals surface area contributed by atoms with Crippen LogP contribution in [0.2, 0.25) is 0 Å². The maximum atomic E-state index is 15.0. The van der Waals surface area contributed by atoms with Gasteiger partial charge >= 0.3 is 6.61 Å². The average Bonchev–Trinajstić information content (AvgIpc) is 2.66. The Morgan fingerprint density at radius 2 is 1.67 bits per heavy atom. The lowest BCUT2D eigenvalue weighted by Crippen LogP contribution is -2.01.